The maximum atomic E-state index is 13.1. The molecule has 2 N–H and O–H groups in total. The molecule has 1 fully saturated rings. The molecule has 0 saturated carbocycles. The normalized spacial score (nSPS) is 17.7. The highest BCUT2D eigenvalue weighted by Crippen LogP contribution is 2.25. The highest BCUT2D eigenvalue weighted by atomic mass is 16.2. The topological polar surface area (TPSA) is 104 Å². The number of rotatable bonds is 4. The molecule has 3 rings (SSSR count). The first-order valence-corrected chi connectivity index (χ1v) is 10.2. The van der Waals surface area contributed by atoms with Crippen LogP contribution in [0.15, 0.2) is 42.7 Å². The molecule has 8 heteroatoms. The number of hydrogen-bond donors (Lipinski definition) is 2. The first-order chi connectivity index (χ1) is 14.5. The Labute approximate surface area is 176 Å². The van der Waals surface area contributed by atoms with Gasteiger partial charge in [0.05, 0.1) is 30.9 Å². The van der Waals surface area contributed by atoms with Gasteiger partial charge in [-0.1, -0.05) is 30.3 Å². The summed E-state index contributed by atoms with van der Waals surface area (Å²) in [6.07, 6.45) is 5.71. The molecule has 30 heavy (non-hydrogen) atoms. The summed E-state index contributed by atoms with van der Waals surface area (Å²) in [7, 11) is 0. The van der Waals surface area contributed by atoms with Crippen molar-refractivity contribution in [2.75, 3.05) is 19.6 Å². The number of hydrogen-bond acceptors (Lipinski definition) is 5. The van der Waals surface area contributed by atoms with E-state index in [9.17, 15) is 14.4 Å². The Morgan fingerprint density at radius 3 is 2.67 bits per heavy atom. The third kappa shape index (κ3) is 5.85. The maximum Gasteiger partial charge on any atom is 0.271 e. The lowest BCUT2D eigenvalue weighted by atomic mass is 10.00. The van der Waals surface area contributed by atoms with Crippen molar-refractivity contribution >= 4 is 17.7 Å². The summed E-state index contributed by atoms with van der Waals surface area (Å²) in [5, 5.41) is 5.56. The molecule has 1 aliphatic heterocycles. The number of amides is 3. The minimum absolute atomic E-state index is 0.0810. The Morgan fingerprint density at radius 1 is 1.13 bits per heavy atom. The van der Waals surface area contributed by atoms with E-state index in [1.807, 2.05) is 30.3 Å². The quantitative estimate of drug-likeness (QED) is 0.801. The molecular weight excluding hydrogens is 382 g/mol. The van der Waals surface area contributed by atoms with Gasteiger partial charge in [0.1, 0.15) is 5.69 Å². The predicted molar refractivity (Wildman–Crippen MR) is 111 cm³/mol. The molecule has 0 bridgehead atoms. The van der Waals surface area contributed by atoms with Crippen LogP contribution in [0.5, 0.6) is 0 Å². The number of aryl methyl sites for hydroxylation is 1. The Morgan fingerprint density at radius 2 is 1.93 bits per heavy atom. The highest BCUT2D eigenvalue weighted by Gasteiger charge is 2.28. The zero-order valence-corrected chi connectivity index (χ0v) is 17.1. The molecular formula is C22H27N5O3. The lowest BCUT2D eigenvalue weighted by Gasteiger charge is -2.33. The van der Waals surface area contributed by atoms with Crippen molar-refractivity contribution in [3.8, 4) is 0 Å². The number of carbonyl (C=O) groups excluding carboxylic acids is 3. The lowest BCUT2D eigenvalue weighted by molar-refractivity contribution is -0.134. The molecule has 3 amide bonds. The van der Waals surface area contributed by atoms with Crippen molar-refractivity contribution in [1.29, 1.82) is 0 Å². The van der Waals surface area contributed by atoms with Gasteiger partial charge in [-0.2, -0.15) is 0 Å². The molecule has 0 radical (unpaired) electrons. The monoisotopic (exact) mass is 409 g/mol. The third-order valence-electron chi connectivity index (χ3n) is 5.07. The Hall–Kier alpha value is -3.29. The van der Waals surface area contributed by atoms with Crippen LogP contribution >= 0.6 is 0 Å². The summed E-state index contributed by atoms with van der Waals surface area (Å²) in [4.78, 5) is 47.6. The average molecular weight is 409 g/mol. The molecule has 158 valence electrons. The molecule has 1 aromatic heterocycles. The summed E-state index contributed by atoms with van der Waals surface area (Å²) in [6.45, 7) is 2.80. The third-order valence-corrected chi connectivity index (χ3v) is 5.07. The summed E-state index contributed by atoms with van der Waals surface area (Å²) in [6, 6.07) is 9.15. The fourth-order valence-corrected chi connectivity index (χ4v) is 3.45. The molecule has 1 aromatic carbocycles. The van der Waals surface area contributed by atoms with E-state index >= 15 is 0 Å². The van der Waals surface area contributed by atoms with E-state index in [1.165, 1.54) is 12.4 Å². The Balaban J connectivity index is 1.74. The molecule has 8 nitrogen and oxygen atoms in total. The highest BCUT2D eigenvalue weighted by molar-refractivity contribution is 5.94. The average Bonchev–Trinajstić information content (AvgIpc) is 2.77. The number of benzene rings is 1. The van der Waals surface area contributed by atoms with E-state index in [4.69, 9.17) is 0 Å². The summed E-state index contributed by atoms with van der Waals surface area (Å²) >= 11 is 0. The van der Waals surface area contributed by atoms with Gasteiger partial charge in [0, 0.05) is 19.3 Å². The van der Waals surface area contributed by atoms with Crippen LogP contribution in [0.25, 0.3) is 0 Å². The minimum Gasteiger partial charge on any atom is -0.356 e. The van der Waals surface area contributed by atoms with Crippen LogP contribution in [0.1, 0.15) is 53.5 Å². The molecule has 2 heterocycles. The van der Waals surface area contributed by atoms with Crippen LogP contribution in [0.2, 0.25) is 0 Å². The largest absolute Gasteiger partial charge is 0.356 e. The smallest absolute Gasteiger partial charge is 0.271 e. The fraction of sp³-hybridized carbons (Fsp3) is 0.409. The second-order valence-electron chi connectivity index (χ2n) is 7.35. The van der Waals surface area contributed by atoms with Gasteiger partial charge in [0.2, 0.25) is 11.8 Å². The SMILES string of the molecule is Cc1cnc(C(=O)NCC(=O)N2CCCCCNC(=O)CC2c2ccccc2)cn1. The summed E-state index contributed by atoms with van der Waals surface area (Å²) in [5.74, 6) is -0.765. The Bertz CT molecular complexity index is 870. The van der Waals surface area contributed by atoms with Crippen LogP contribution in [0.3, 0.4) is 0 Å². The number of nitrogens with zero attached hydrogens (tertiary/aromatic N) is 3. The molecule has 1 saturated heterocycles. The zero-order chi connectivity index (χ0) is 21.3. The van der Waals surface area contributed by atoms with Gasteiger partial charge in [-0.3, -0.25) is 19.4 Å². The van der Waals surface area contributed by atoms with Crippen molar-refractivity contribution in [2.24, 2.45) is 0 Å². The van der Waals surface area contributed by atoms with Gasteiger partial charge >= 0.3 is 0 Å². The molecule has 1 unspecified atom stereocenters. The van der Waals surface area contributed by atoms with Gasteiger partial charge in [0.25, 0.3) is 5.91 Å². The van der Waals surface area contributed by atoms with E-state index in [2.05, 4.69) is 20.6 Å². The molecule has 0 aliphatic carbocycles. The van der Waals surface area contributed by atoms with Gasteiger partial charge in [-0.15, -0.1) is 0 Å². The number of carbonyl (C=O) groups is 3. The van der Waals surface area contributed by atoms with E-state index < -0.39 is 5.91 Å². The second kappa shape index (κ2) is 10.5. The van der Waals surface area contributed by atoms with Crippen molar-refractivity contribution < 1.29 is 14.4 Å². The van der Waals surface area contributed by atoms with Crippen molar-refractivity contribution in [1.82, 2.24) is 25.5 Å². The maximum absolute atomic E-state index is 13.1. The van der Waals surface area contributed by atoms with E-state index in [-0.39, 0.29) is 36.5 Å². The van der Waals surface area contributed by atoms with Crippen molar-refractivity contribution in [2.45, 2.75) is 38.6 Å². The van der Waals surface area contributed by atoms with E-state index in [0.717, 1.165) is 24.8 Å². The number of aromatic nitrogens is 2. The molecule has 0 spiro atoms. The zero-order valence-electron chi connectivity index (χ0n) is 17.1. The van der Waals surface area contributed by atoms with Crippen LogP contribution < -0.4 is 10.6 Å². The molecule has 1 atom stereocenters. The molecule has 1 aliphatic rings. The van der Waals surface area contributed by atoms with Crippen LogP contribution in [0.4, 0.5) is 0 Å². The minimum atomic E-state index is -0.453. The van der Waals surface area contributed by atoms with Gasteiger partial charge < -0.3 is 15.5 Å². The van der Waals surface area contributed by atoms with Gasteiger partial charge in [-0.25, -0.2) is 4.98 Å². The van der Waals surface area contributed by atoms with Crippen LogP contribution in [0, 0.1) is 6.92 Å². The lowest BCUT2D eigenvalue weighted by Crippen LogP contribution is -2.44. The predicted octanol–water partition coefficient (Wildman–Crippen LogP) is 1.77. The first-order valence-electron chi connectivity index (χ1n) is 10.2. The van der Waals surface area contributed by atoms with Crippen molar-refractivity contribution in [3.05, 3.63) is 59.7 Å². The van der Waals surface area contributed by atoms with Gasteiger partial charge in [0.15, 0.2) is 0 Å². The van der Waals surface area contributed by atoms with Gasteiger partial charge in [-0.05, 0) is 31.7 Å². The summed E-state index contributed by atoms with van der Waals surface area (Å²) < 4.78 is 0. The Kier molecular flexibility index (Phi) is 7.48. The second-order valence-corrected chi connectivity index (χ2v) is 7.35. The molecule has 2 aromatic rings. The fourth-order valence-electron chi connectivity index (χ4n) is 3.45. The summed E-state index contributed by atoms with van der Waals surface area (Å²) in [5.41, 5.74) is 1.77. The van der Waals surface area contributed by atoms with Crippen molar-refractivity contribution in [3.63, 3.8) is 0 Å². The van der Waals surface area contributed by atoms with Crippen LogP contribution in [-0.2, 0) is 9.59 Å². The van der Waals surface area contributed by atoms with Crippen LogP contribution in [-0.4, -0.2) is 52.2 Å². The van der Waals surface area contributed by atoms with E-state index in [1.54, 1.807) is 11.8 Å². The standard InChI is InChI=1S/C22H27N5O3/c1-16-13-25-18(14-24-16)22(30)26-15-21(29)27-11-7-3-6-10-23-20(28)12-19(27)17-8-4-2-5-9-17/h2,4-5,8-9,13-14,19H,3,6-7,10-12,15H2,1H3,(H,23,28)(H,26,30). The first kappa shape index (κ1) is 21.4. The number of nitrogens with one attached hydrogen (secondary N) is 2. The van der Waals surface area contributed by atoms with E-state index in [0.29, 0.717) is 18.8 Å².